The summed E-state index contributed by atoms with van der Waals surface area (Å²) in [7, 11) is 0. The maximum atomic E-state index is 12.8. The Hall–Kier alpha value is -2.57. The van der Waals surface area contributed by atoms with E-state index in [0.29, 0.717) is 11.3 Å². The number of aryl methyl sites for hydroxylation is 1. The molecule has 0 atom stereocenters. The SMILES string of the molecule is Cc1cc(NC(=O)OC(C)(C)C)cc(-c2cccc(C(F)(F)F)n2)c1. The first-order chi connectivity index (χ1) is 11.4. The molecule has 0 aliphatic rings. The first kappa shape index (κ1) is 18.8. The fourth-order valence-corrected chi connectivity index (χ4v) is 2.18. The fraction of sp³-hybridized carbons (Fsp3) is 0.333. The summed E-state index contributed by atoms with van der Waals surface area (Å²) in [5, 5.41) is 2.58. The summed E-state index contributed by atoms with van der Waals surface area (Å²) in [6.07, 6.45) is -5.15. The highest BCUT2D eigenvalue weighted by molar-refractivity contribution is 5.86. The topological polar surface area (TPSA) is 51.2 Å². The highest BCUT2D eigenvalue weighted by atomic mass is 19.4. The van der Waals surface area contributed by atoms with E-state index in [4.69, 9.17) is 4.74 Å². The van der Waals surface area contributed by atoms with Crippen molar-refractivity contribution in [3.05, 3.63) is 47.7 Å². The summed E-state index contributed by atoms with van der Waals surface area (Å²) in [5.41, 5.74) is 0.210. The van der Waals surface area contributed by atoms with E-state index in [9.17, 15) is 18.0 Å². The van der Waals surface area contributed by atoms with Crippen LogP contribution < -0.4 is 5.32 Å². The number of benzene rings is 1. The summed E-state index contributed by atoms with van der Waals surface area (Å²) in [6.45, 7) is 6.99. The van der Waals surface area contributed by atoms with Crippen molar-refractivity contribution in [1.82, 2.24) is 4.98 Å². The Balaban J connectivity index is 2.32. The minimum absolute atomic E-state index is 0.172. The lowest BCUT2D eigenvalue weighted by molar-refractivity contribution is -0.141. The van der Waals surface area contributed by atoms with Gasteiger partial charge in [0.15, 0.2) is 0 Å². The molecule has 0 saturated heterocycles. The molecule has 1 aromatic carbocycles. The number of nitrogens with one attached hydrogen (secondary N) is 1. The molecule has 0 saturated carbocycles. The van der Waals surface area contributed by atoms with E-state index in [0.717, 1.165) is 11.6 Å². The first-order valence-electron chi connectivity index (χ1n) is 7.60. The molecule has 0 aliphatic carbocycles. The van der Waals surface area contributed by atoms with E-state index in [-0.39, 0.29) is 5.69 Å². The number of nitrogens with zero attached hydrogens (tertiary/aromatic N) is 1. The molecule has 0 aliphatic heterocycles. The number of hydrogen-bond donors (Lipinski definition) is 1. The largest absolute Gasteiger partial charge is 0.444 e. The van der Waals surface area contributed by atoms with E-state index in [1.807, 2.05) is 0 Å². The van der Waals surface area contributed by atoms with Gasteiger partial charge in [-0.25, -0.2) is 9.78 Å². The zero-order valence-corrected chi connectivity index (χ0v) is 14.4. The van der Waals surface area contributed by atoms with Crippen LogP contribution in [0.4, 0.5) is 23.7 Å². The molecule has 0 fully saturated rings. The zero-order valence-electron chi connectivity index (χ0n) is 14.4. The lowest BCUT2D eigenvalue weighted by Crippen LogP contribution is -2.27. The average Bonchev–Trinajstić information content (AvgIpc) is 2.43. The first-order valence-corrected chi connectivity index (χ1v) is 7.60. The van der Waals surface area contributed by atoms with E-state index in [1.54, 1.807) is 45.9 Å². The standard InChI is InChI=1S/C18H19F3N2O2/c1-11-8-12(14-6-5-7-15(23-14)18(19,20)21)10-13(9-11)22-16(24)25-17(2,3)4/h5-10H,1-4H3,(H,22,24). The molecule has 1 N–H and O–H groups in total. The summed E-state index contributed by atoms with van der Waals surface area (Å²) in [5.74, 6) is 0. The molecule has 134 valence electrons. The van der Waals surface area contributed by atoms with Crippen LogP contribution in [0.2, 0.25) is 0 Å². The minimum Gasteiger partial charge on any atom is -0.444 e. The van der Waals surface area contributed by atoms with Crippen molar-refractivity contribution >= 4 is 11.8 Å². The molecule has 0 spiro atoms. The van der Waals surface area contributed by atoms with Gasteiger partial charge in [-0.3, -0.25) is 5.32 Å². The van der Waals surface area contributed by atoms with E-state index in [1.165, 1.54) is 12.1 Å². The molecule has 0 bridgehead atoms. The Labute approximate surface area is 144 Å². The maximum Gasteiger partial charge on any atom is 0.433 e. The highest BCUT2D eigenvalue weighted by Crippen LogP contribution is 2.30. The number of rotatable bonds is 2. The third-order valence-electron chi connectivity index (χ3n) is 3.06. The molecular formula is C18H19F3N2O2. The zero-order chi connectivity index (χ0) is 18.8. The molecule has 4 nitrogen and oxygen atoms in total. The number of ether oxygens (including phenoxy) is 1. The molecule has 1 aromatic heterocycles. The molecular weight excluding hydrogens is 333 g/mol. The van der Waals surface area contributed by atoms with Crippen LogP contribution in [0.15, 0.2) is 36.4 Å². The average molecular weight is 352 g/mol. The van der Waals surface area contributed by atoms with Crippen molar-refractivity contribution in [3.63, 3.8) is 0 Å². The number of amides is 1. The van der Waals surface area contributed by atoms with Gasteiger partial charge in [-0.1, -0.05) is 6.07 Å². The van der Waals surface area contributed by atoms with Gasteiger partial charge in [0, 0.05) is 11.3 Å². The van der Waals surface area contributed by atoms with Gasteiger partial charge < -0.3 is 4.74 Å². The Kier molecular flexibility index (Phi) is 5.06. The normalized spacial score (nSPS) is 12.0. The van der Waals surface area contributed by atoms with Crippen LogP contribution in [-0.2, 0) is 10.9 Å². The smallest absolute Gasteiger partial charge is 0.433 e. The van der Waals surface area contributed by atoms with Gasteiger partial charge in [0.25, 0.3) is 0 Å². The van der Waals surface area contributed by atoms with Crippen LogP contribution in [0.3, 0.4) is 0 Å². The van der Waals surface area contributed by atoms with Crippen molar-refractivity contribution < 1.29 is 22.7 Å². The minimum atomic E-state index is -4.52. The summed E-state index contributed by atoms with van der Waals surface area (Å²) in [6, 6.07) is 8.65. The lowest BCUT2D eigenvalue weighted by Gasteiger charge is -2.20. The summed E-state index contributed by atoms with van der Waals surface area (Å²) in [4.78, 5) is 15.5. The number of anilines is 1. The number of halogens is 3. The molecule has 0 radical (unpaired) electrons. The number of aromatic nitrogens is 1. The van der Waals surface area contributed by atoms with E-state index < -0.39 is 23.6 Å². The maximum absolute atomic E-state index is 12.8. The van der Waals surface area contributed by atoms with Crippen molar-refractivity contribution in [3.8, 4) is 11.3 Å². The van der Waals surface area contributed by atoms with Gasteiger partial charge in [-0.15, -0.1) is 0 Å². The van der Waals surface area contributed by atoms with Crippen molar-refractivity contribution in [2.45, 2.75) is 39.5 Å². The number of carbonyl (C=O) groups excluding carboxylic acids is 1. The molecule has 1 amide bonds. The predicted octanol–water partition coefficient (Wildman–Crippen LogP) is 5.42. The Morgan fingerprint density at radius 1 is 1.12 bits per heavy atom. The Bertz CT molecular complexity index is 781. The van der Waals surface area contributed by atoms with Crippen LogP contribution in [-0.4, -0.2) is 16.7 Å². The molecule has 1 heterocycles. The third kappa shape index (κ3) is 5.48. The summed E-state index contributed by atoms with van der Waals surface area (Å²) >= 11 is 0. The lowest BCUT2D eigenvalue weighted by atomic mass is 10.1. The van der Waals surface area contributed by atoms with Gasteiger partial charge in [-0.05, 0) is 63.6 Å². The molecule has 2 aromatic rings. The third-order valence-corrected chi connectivity index (χ3v) is 3.06. The second kappa shape index (κ2) is 6.74. The quantitative estimate of drug-likeness (QED) is 0.785. The Morgan fingerprint density at radius 2 is 1.80 bits per heavy atom. The number of pyridine rings is 1. The second-order valence-electron chi connectivity index (χ2n) is 6.62. The van der Waals surface area contributed by atoms with Crippen LogP contribution in [0.25, 0.3) is 11.3 Å². The van der Waals surface area contributed by atoms with E-state index >= 15 is 0 Å². The van der Waals surface area contributed by atoms with Crippen molar-refractivity contribution in [1.29, 1.82) is 0 Å². The highest BCUT2D eigenvalue weighted by Gasteiger charge is 2.32. The van der Waals surface area contributed by atoms with Crippen LogP contribution in [0.1, 0.15) is 32.0 Å². The molecule has 0 unspecified atom stereocenters. The van der Waals surface area contributed by atoms with Gasteiger partial charge in [0.2, 0.25) is 0 Å². The van der Waals surface area contributed by atoms with E-state index in [2.05, 4.69) is 10.3 Å². The summed E-state index contributed by atoms with van der Waals surface area (Å²) < 4.78 is 43.7. The number of alkyl halides is 3. The van der Waals surface area contributed by atoms with Crippen LogP contribution in [0, 0.1) is 6.92 Å². The van der Waals surface area contributed by atoms with Crippen LogP contribution >= 0.6 is 0 Å². The molecule has 2 rings (SSSR count). The molecule has 7 heteroatoms. The number of carbonyl (C=O) groups is 1. The van der Waals surface area contributed by atoms with Gasteiger partial charge >= 0.3 is 12.3 Å². The monoisotopic (exact) mass is 352 g/mol. The fourth-order valence-electron chi connectivity index (χ4n) is 2.18. The van der Waals surface area contributed by atoms with Gasteiger partial charge in [0.05, 0.1) is 5.69 Å². The van der Waals surface area contributed by atoms with Gasteiger partial charge in [-0.2, -0.15) is 13.2 Å². The van der Waals surface area contributed by atoms with Crippen LogP contribution in [0.5, 0.6) is 0 Å². The predicted molar refractivity (Wildman–Crippen MR) is 89.3 cm³/mol. The second-order valence-corrected chi connectivity index (χ2v) is 6.62. The van der Waals surface area contributed by atoms with Crippen molar-refractivity contribution in [2.24, 2.45) is 0 Å². The van der Waals surface area contributed by atoms with Gasteiger partial charge in [0.1, 0.15) is 11.3 Å². The van der Waals surface area contributed by atoms with Crippen molar-refractivity contribution in [2.75, 3.05) is 5.32 Å². The molecule has 25 heavy (non-hydrogen) atoms. The Morgan fingerprint density at radius 3 is 2.40 bits per heavy atom. The number of hydrogen-bond acceptors (Lipinski definition) is 3.